The fraction of sp³-hybridized carbons (Fsp3) is 0.647. The zero-order valence-electron chi connectivity index (χ0n) is 12.6. The van der Waals surface area contributed by atoms with Crippen LogP contribution in [0.1, 0.15) is 44.7 Å². The second-order valence-electron chi connectivity index (χ2n) is 6.86. The van der Waals surface area contributed by atoms with Crippen molar-refractivity contribution in [1.29, 1.82) is 0 Å². The van der Waals surface area contributed by atoms with Gasteiger partial charge in [0.05, 0.1) is 0 Å². The first kappa shape index (κ1) is 13.9. The number of nitrogens with two attached hydrogens (primary N) is 1. The molecule has 0 bridgehead atoms. The molecule has 0 amide bonds. The van der Waals surface area contributed by atoms with Crippen molar-refractivity contribution in [2.24, 2.45) is 11.7 Å². The monoisotopic (exact) mass is 274 g/mol. The van der Waals surface area contributed by atoms with E-state index in [0.717, 1.165) is 25.3 Å². The summed E-state index contributed by atoms with van der Waals surface area (Å²) in [6, 6.07) is 8.99. The fourth-order valence-corrected chi connectivity index (χ4v) is 3.66. The lowest BCUT2D eigenvalue weighted by Crippen LogP contribution is -2.46. The van der Waals surface area contributed by atoms with Crippen LogP contribution in [0.25, 0.3) is 0 Å². The molecule has 1 aromatic carbocycles. The molecular formula is C17H26N2O. The molecule has 2 aliphatic rings. The lowest BCUT2D eigenvalue weighted by molar-refractivity contribution is 0.0160. The van der Waals surface area contributed by atoms with E-state index in [1.165, 1.54) is 24.9 Å². The molecule has 3 heteroatoms. The molecule has 2 atom stereocenters. The van der Waals surface area contributed by atoms with Crippen LogP contribution in [0, 0.1) is 5.92 Å². The molecule has 1 saturated heterocycles. The molecule has 0 saturated carbocycles. The Kier molecular flexibility index (Phi) is 3.74. The Morgan fingerprint density at radius 3 is 2.95 bits per heavy atom. The van der Waals surface area contributed by atoms with Crippen LogP contribution in [0.3, 0.4) is 0 Å². The van der Waals surface area contributed by atoms with Crippen LogP contribution in [0.2, 0.25) is 0 Å². The van der Waals surface area contributed by atoms with Crippen molar-refractivity contribution in [3.63, 3.8) is 0 Å². The number of benzene rings is 1. The van der Waals surface area contributed by atoms with Gasteiger partial charge in [0.15, 0.2) is 0 Å². The van der Waals surface area contributed by atoms with Gasteiger partial charge in [-0.2, -0.15) is 0 Å². The van der Waals surface area contributed by atoms with Gasteiger partial charge in [0, 0.05) is 24.6 Å². The normalized spacial score (nSPS) is 29.6. The maximum Gasteiger partial charge on any atom is 0.124 e. The van der Waals surface area contributed by atoms with Gasteiger partial charge in [0.25, 0.3) is 0 Å². The Balaban J connectivity index is 1.88. The molecule has 2 aliphatic heterocycles. The topological polar surface area (TPSA) is 38.5 Å². The second kappa shape index (κ2) is 5.38. The van der Waals surface area contributed by atoms with Crippen LogP contribution >= 0.6 is 0 Å². The van der Waals surface area contributed by atoms with Crippen LogP contribution in [0.4, 0.5) is 0 Å². The van der Waals surface area contributed by atoms with Gasteiger partial charge >= 0.3 is 0 Å². The number of hydrogen-bond donors (Lipinski definition) is 1. The first-order valence-corrected chi connectivity index (χ1v) is 7.81. The number of hydrogen-bond acceptors (Lipinski definition) is 3. The van der Waals surface area contributed by atoms with E-state index in [1.807, 2.05) is 0 Å². The number of piperidine rings is 1. The van der Waals surface area contributed by atoms with Crippen LogP contribution in [0.15, 0.2) is 24.3 Å². The van der Waals surface area contributed by atoms with Crippen molar-refractivity contribution in [1.82, 2.24) is 4.90 Å². The van der Waals surface area contributed by atoms with Crippen LogP contribution in [-0.4, -0.2) is 30.1 Å². The molecule has 110 valence electrons. The summed E-state index contributed by atoms with van der Waals surface area (Å²) >= 11 is 0. The second-order valence-corrected chi connectivity index (χ2v) is 6.86. The third-order valence-electron chi connectivity index (χ3n) is 4.67. The van der Waals surface area contributed by atoms with Gasteiger partial charge in [-0.05, 0) is 51.8 Å². The minimum atomic E-state index is -0.0886. The molecule has 20 heavy (non-hydrogen) atoms. The Hall–Kier alpha value is -1.06. The van der Waals surface area contributed by atoms with Gasteiger partial charge in [-0.1, -0.05) is 18.2 Å². The Morgan fingerprint density at radius 2 is 2.15 bits per heavy atom. The molecule has 2 heterocycles. The van der Waals surface area contributed by atoms with Crippen LogP contribution < -0.4 is 10.5 Å². The summed E-state index contributed by atoms with van der Waals surface area (Å²) < 4.78 is 6.14. The van der Waals surface area contributed by atoms with Crippen LogP contribution in [-0.2, 0) is 0 Å². The smallest absolute Gasteiger partial charge is 0.124 e. The predicted molar refractivity (Wildman–Crippen MR) is 81.9 cm³/mol. The highest BCUT2D eigenvalue weighted by Crippen LogP contribution is 2.43. The quantitative estimate of drug-likeness (QED) is 0.901. The van der Waals surface area contributed by atoms with E-state index in [9.17, 15) is 0 Å². The zero-order chi connectivity index (χ0) is 14.2. The fourth-order valence-electron chi connectivity index (χ4n) is 3.66. The predicted octanol–water partition coefficient (Wildman–Crippen LogP) is 2.96. The summed E-state index contributed by atoms with van der Waals surface area (Å²) in [5, 5.41) is 0. The minimum absolute atomic E-state index is 0.0886. The number of ether oxygens (including phenoxy) is 1. The SMILES string of the molecule is CC1(C)CC(N2CCCC(CN)C2)c2ccccc2O1. The largest absolute Gasteiger partial charge is 0.487 e. The Morgan fingerprint density at radius 1 is 1.35 bits per heavy atom. The highest BCUT2D eigenvalue weighted by molar-refractivity contribution is 5.38. The van der Waals surface area contributed by atoms with Gasteiger partial charge in [-0.15, -0.1) is 0 Å². The molecule has 0 spiro atoms. The summed E-state index contributed by atoms with van der Waals surface area (Å²) in [6.07, 6.45) is 3.60. The van der Waals surface area contributed by atoms with E-state index >= 15 is 0 Å². The number of nitrogens with zero attached hydrogens (tertiary/aromatic N) is 1. The Labute approximate surface area is 122 Å². The van der Waals surface area contributed by atoms with E-state index in [2.05, 4.69) is 43.0 Å². The van der Waals surface area contributed by atoms with Gasteiger partial charge in [0.1, 0.15) is 11.4 Å². The van der Waals surface area contributed by atoms with E-state index < -0.39 is 0 Å². The van der Waals surface area contributed by atoms with Crippen molar-refractivity contribution < 1.29 is 4.74 Å². The minimum Gasteiger partial charge on any atom is -0.487 e. The summed E-state index contributed by atoms with van der Waals surface area (Å²) in [5.74, 6) is 1.71. The van der Waals surface area contributed by atoms with Crippen molar-refractivity contribution in [3.05, 3.63) is 29.8 Å². The lowest BCUT2D eigenvalue weighted by atomic mass is 9.86. The molecule has 1 aromatic rings. The number of para-hydroxylation sites is 1. The van der Waals surface area contributed by atoms with Gasteiger partial charge in [-0.25, -0.2) is 0 Å². The summed E-state index contributed by atoms with van der Waals surface area (Å²) in [5.41, 5.74) is 7.15. The first-order valence-electron chi connectivity index (χ1n) is 7.81. The molecule has 0 radical (unpaired) electrons. The third kappa shape index (κ3) is 2.70. The molecule has 1 fully saturated rings. The van der Waals surface area contributed by atoms with Crippen molar-refractivity contribution >= 4 is 0 Å². The lowest BCUT2D eigenvalue weighted by Gasteiger charge is -2.45. The van der Waals surface area contributed by atoms with Gasteiger partial charge in [0.2, 0.25) is 0 Å². The van der Waals surface area contributed by atoms with E-state index in [-0.39, 0.29) is 5.60 Å². The Bertz CT molecular complexity index is 472. The van der Waals surface area contributed by atoms with Gasteiger partial charge < -0.3 is 10.5 Å². The van der Waals surface area contributed by atoms with Crippen molar-refractivity contribution in [3.8, 4) is 5.75 Å². The van der Waals surface area contributed by atoms with E-state index in [0.29, 0.717) is 12.0 Å². The maximum atomic E-state index is 6.14. The molecule has 3 nitrogen and oxygen atoms in total. The van der Waals surface area contributed by atoms with E-state index in [1.54, 1.807) is 0 Å². The highest BCUT2D eigenvalue weighted by Gasteiger charge is 2.37. The maximum absolute atomic E-state index is 6.14. The summed E-state index contributed by atoms with van der Waals surface area (Å²) in [6.45, 7) is 7.52. The highest BCUT2D eigenvalue weighted by atomic mass is 16.5. The van der Waals surface area contributed by atoms with Crippen LogP contribution in [0.5, 0.6) is 5.75 Å². The van der Waals surface area contributed by atoms with Crippen molar-refractivity contribution in [2.45, 2.75) is 44.8 Å². The average Bonchev–Trinajstić information content (AvgIpc) is 2.45. The molecule has 3 rings (SSSR count). The standard InChI is InChI=1S/C17H26N2O/c1-17(2)10-15(14-7-3-4-8-16(14)20-17)19-9-5-6-13(11-18)12-19/h3-4,7-8,13,15H,5-6,9-12,18H2,1-2H3. The number of likely N-dealkylation sites (tertiary alicyclic amines) is 1. The average molecular weight is 274 g/mol. The number of rotatable bonds is 2. The van der Waals surface area contributed by atoms with E-state index in [4.69, 9.17) is 10.5 Å². The number of fused-ring (bicyclic) bond motifs is 1. The molecular weight excluding hydrogens is 248 g/mol. The molecule has 0 aliphatic carbocycles. The van der Waals surface area contributed by atoms with Crippen molar-refractivity contribution in [2.75, 3.05) is 19.6 Å². The summed E-state index contributed by atoms with van der Waals surface area (Å²) in [4.78, 5) is 2.63. The first-order chi connectivity index (χ1) is 9.59. The third-order valence-corrected chi connectivity index (χ3v) is 4.67. The van der Waals surface area contributed by atoms with Gasteiger partial charge in [-0.3, -0.25) is 4.90 Å². The summed E-state index contributed by atoms with van der Waals surface area (Å²) in [7, 11) is 0. The molecule has 2 unspecified atom stereocenters. The molecule has 2 N–H and O–H groups in total. The molecule has 0 aromatic heterocycles. The zero-order valence-corrected chi connectivity index (χ0v) is 12.6.